The number of aliphatic imine (C=N–C) groups is 1. The van der Waals surface area contributed by atoms with Gasteiger partial charge in [0.15, 0.2) is 0 Å². The Kier molecular flexibility index (Phi) is 6.01. The lowest BCUT2D eigenvalue weighted by Gasteiger charge is -2.25. The molecule has 0 saturated carbocycles. The first-order chi connectivity index (χ1) is 16.2. The van der Waals surface area contributed by atoms with Crippen LogP contribution in [0.4, 0.5) is 5.69 Å². The molecule has 2 aliphatic rings. The van der Waals surface area contributed by atoms with Gasteiger partial charge in [0.25, 0.3) is 11.8 Å². The molecule has 8 heteroatoms. The Morgan fingerprint density at radius 1 is 1.06 bits per heavy atom. The number of rotatable bonds is 5. The highest BCUT2D eigenvalue weighted by molar-refractivity contribution is 6.20. The fourth-order valence-electron chi connectivity index (χ4n) is 4.01. The lowest BCUT2D eigenvalue weighted by molar-refractivity contribution is -0.117. The number of benzodiazepines with no additional fused rings is 1. The molecular formula is C25H24N4O4. The summed E-state index contributed by atoms with van der Waals surface area (Å²) in [5, 5.41) is 5.67. The van der Waals surface area contributed by atoms with E-state index in [2.05, 4.69) is 20.5 Å². The van der Waals surface area contributed by atoms with Crippen molar-refractivity contribution in [2.45, 2.75) is 12.7 Å². The molecule has 2 aliphatic heterocycles. The van der Waals surface area contributed by atoms with Crippen LogP contribution in [-0.4, -0.2) is 54.9 Å². The Balaban J connectivity index is 1.42. The van der Waals surface area contributed by atoms with E-state index in [1.165, 1.54) is 6.26 Å². The zero-order chi connectivity index (χ0) is 22.6. The number of carbonyl (C=O) groups excluding carboxylic acids is 2. The third kappa shape index (κ3) is 4.57. The highest BCUT2D eigenvalue weighted by atomic mass is 16.5. The Morgan fingerprint density at radius 3 is 2.64 bits per heavy atom. The number of morpholine rings is 1. The van der Waals surface area contributed by atoms with Crippen molar-refractivity contribution < 1.29 is 18.7 Å². The normalized spacial score (nSPS) is 18.6. The van der Waals surface area contributed by atoms with Crippen molar-refractivity contribution in [2.24, 2.45) is 4.99 Å². The van der Waals surface area contributed by atoms with Crippen LogP contribution in [-0.2, 0) is 16.1 Å². The van der Waals surface area contributed by atoms with E-state index in [0.717, 1.165) is 24.2 Å². The van der Waals surface area contributed by atoms with Gasteiger partial charge in [0, 0.05) is 24.2 Å². The Bertz CT molecular complexity index is 1180. The Hall–Kier alpha value is -3.75. The number of benzene rings is 2. The van der Waals surface area contributed by atoms with Crippen molar-refractivity contribution in [3.63, 3.8) is 0 Å². The zero-order valence-corrected chi connectivity index (χ0v) is 18.0. The number of hydrogen-bond donors (Lipinski definition) is 2. The minimum atomic E-state index is -1.09. The molecule has 0 aliphatic carbocycles. The van der Waals surface area contributed by atoms with Crippen LogP contribution in [0.5, 0.6) is 0 Å². The van der Waals surface area contributed by atoms with Crippen LogP contribution in [0.1, 0.15) is 27.2 Å². The van der Waals surface area contributed by atoms with Crippen molar-refractivity contribution in [3.8, 4) is 0 Å². The summed E-state index contributed by atoms with van der Waals surface area (Å²) < 4.78 is 11.0. The van der Waals surface area contributed by atoms with E-state index in [1.807, 2.05) is 54.6 Å². The molecule has 0 bridgehead atoms. The van der Waals surface area contributed by atoms with Gasteiger partial charge in [-0.1, -0.05) is 48.5 Å². The molecule has 0 spiro atoms. The van der Waals surface area contributed by atoms with Crippen LogP contribution in [0.3, 0.4) is 0 Å². The number of para-hydroxylation sites is 1. The van der Waals surface area contributed by atoms with Gasteiger partial charge in [0.2, 0.25) is 6.17 Å². The Morgan fingerprint density at radius 2 is 1.82 bits per heavy atom. The summed E-state index contributed by atoms with van der Waals surface area (Å²) in [6.45, 7) is 3.36. The summed E-state index contributed by atoms with van der Waals surface area (Å²) in [5.41, 5.74) is 3.34. The Labute approximate surface area is 191 Å². The third-order valence-corrected chi connectivity index (χ3v) is 5.72. The van der Waals surface area contributed by atoms with Crippen molar-refractivity contribution in [3.05, 3.63) is 89.4 Å². The molecule has 1 saturated heterocycles. The van der Waals surface area contributed by atoms with Gasteiger partial charge in [0.1, 0.15) is 5.76 Å². The number of hydrogen-bond acceptors (Lipinski definition) is 6. The smallest absolute Gasteiger partial charge is 0.269 e. The number of carbonyl (C=O) groups is 2. The molecule has 33 heavy (non-hydrogen) atoms. The second-order valence-corrected chi connectivity index (χ2v) is 7.90. The van der Waals surface area contributed by atoms with E-state index in [0.29, 0.717) is 42.5 Å². The maximum atomic E-state index is 13.1. The average Bonchev–Trinajstić information content (AvgIpc) is 3.26. The molecular weight excluding hydrogens is 420 g/mol. The number of nitrogens with one attached hydrogen (secondary N) is 2. The number of nitrogens with zero attached hydrogens (tertiary/aromatic N) is 2. The second-order valence-electron chi connectivity index (χ2n) is 7.90. The fraction of sp³-hybridized carbons (Fsp3) is 0.240. The summed E-state index contributed by atoms with van der Waals surface area (Å²) in [5.74, 6) is -0.256. The van der Waals surface area contributed by atoms with Crippen molar-refractivity contribution in [1.82, 2.24) is 10.2 Å². The van der Waals surface area contributed by atoms with Crippen LogP contribution in [0.25, 0.3) is 0 Å². The zero-order valence-electron chi connectivity index (χ0n) is 18.0. The summed E-state index contributed by atoms with van der Waals surface area (Å²) >= 11 is 0. The highest BCUT2D eigenvalue weighted by Gasteiger charge is 2.28. The minimum absolute atomic E-state index is 0.396. The number of ether oxygens (including phenoxy) is 1. The van der Waals surface area contributed by atoms with Crippen LogP contribution < -0.4 is 10.6 Å². The summed E-state index contributed by atoms with van der Waals surface area (Å²) in [4.78, 5) is 33.0. The molecule has 3 heterocycles. The lowest BCUT2D eigenvalue weighted by atomic mass is 10.0. The van der Waals surface area contributed by atoms with Gasteiger partial charge in [-0.3, -0.25) is 14.5 Å². The van der Waals surface area contributed by atoms with Gasteiger partial charge in [-0.05, 0) is 12.1 Å². The summed E-state index contributed by atoms with van der Waals surface area (Å²) in [6, 6.07) is 18.7. The molecule has 3 aromatic rings. The van der Waals surface area contributed by atoms with E-state index in [1.54, 1.807) is 6.07 Å². The van der Waals surface area contributed by atoms with Gasteiger partial charge < -0.3 is 19.8 Å². The second kappa shape index (κ2) is 9.40. The molecule has 2 amide bonds. The van der Waals surface area contributed by atoms with Gasteiger partial charge in [-0.25, -0.2) is 4.99 Å². The summed E-state index contributed by atoms with van der Waals surface area (Å²) in [6.07, 6.45) is 0.401. The maximum Gasteiger partial charge on any atom is 0.269 e. The first-order valence-electron chi connectivity index (χ1n) is 10.9. The van der Waals surface area contributed by atoms with Gasteiger partial charge in [-0.2, -0.15) is 0 Å². The molecule has 1 fully saturated rings. The predicted octanol–water partition coefficient (Wildman–Crippen LogP) is 2.66. The van der Waals surface area contributed by atoms with Crippen LogP contribution >= 0.6 is 0 Å². The fourth-order valence-corrected chi connectivity index (χ4v) is 4.01. The van der Waals surface area contributed by atoms with Crippen molar-refractivity contribution >= 4 is 23.2 Å². The molecule has 2 aromatic carbocycles. The maximum absolute atomic E-state index is 13.1. The van der Waals surface area contributed by atoms with E-state index < -0.39 is 18.0 Å². The number of furan rings is 1. The quantitative estimate of drug-likeness (QED) is 0.631. The molecule has 5 rings (SSSR count). The topological polar surface area (TPSA) is 96.2 Å². The predicted molar refractivity (Wildman–Crippen MR) is 123 cm³/mol. The number of amides is 2. The first-order valence-corrected chi connectivity index (χ1v) is 10.9. The van der Waals surface area contributed by atoms with Gasteiger partial charge in [0.05, 0.1) is 43.0 Å². The first kappa shape index (κ1) is 21.1. The van der Waals surface area contributed by atoms with Crippen LogP contribution in [0.15, 0.2) is 76.3 Å². The SMILES string of the molecule is O=C(NC1N=C(c2ccccc2)c2ccccc2NC1=O)c1ccoc1CN1CCOCC1. The van der Waals surface area contributed by atoms with E-state index in [9.17, 15) is 9.59 Å². The van der Waals surface area contributed by atoms with Crippen LogP contribution in [0.2, 0.25) is 0 Å². The molecule has 0 radical (unpaired) electrons. The molecule has 1 aromatic heterocycles. The number of fused-ring (bicyclic) bond motifs is 1. The average molecular weight is 444 g/mol. The van der Waals surface area contributed by atoms with Gasteiger partial charge in [-0.15, -0.1) is 0 Å². The minimum Gasteiger partial charge on any atom is -0.467 e. The van der Waals surface area contributed by atoms with E-state index >= 15 is 0 Å². The van der Waals surface area contributed by atoms with Gasteiger partial charge >= 0.3 is 0 Å². The van der Waals surface area contributed by atoms with E-state index in [4.69, 9.17) is 9.15 Å². The van der Waals surface area contributed by atoms with Crippen molar-refractivity contribution in [2.75, 3.05) is 31.6 Å². The van der Waals surface area contributed by atoms with Crippen molar-refractivity contribution in [1.29, 1.82) is 0 Å². The molecule has 168 valence electrons. The largest absolute Gasteiger partial charge is 0.467 e. The standard InChI is InChI=1S/C25H24N4O4/c30-24(19-10-13-33-21(19)16-29-11-14-32-15-12-29)28-23-25(31)26-20-9-5-4-8-18(20)22(27-23)17-6-2-1-3-7-17/h1-10,13,23H,11-12,14-16H2,(H,26,31)(H,28,30). The molecule has 1 atom stereocenters. The van der Waals surface area contributed by atoms with E-state index in [-0.39, 0.29) is 0 Å². The van der Waals surface area contributed by atoms with Crippen LogP contribution in [0, 0.1) is 0 Å². The lowest BCUT2D eigenvalue weighted by Crippen LogP contribution is -2.42. The molecule has 1 unspecified atom stereocenters. The summed E-state index contributed by atoms with van der Waals surface area (Å²) in [7, 11) is 0. The highest BCUT2D eigenvalue weighted by Crippen LogP contribution is 2.24. The molecule has 8 nitrogen and oxygen atoms in total. The molecule has 2 N–H and O–H groups in total. The monoisotopic (exact) mass is 444 g/mol. The third-order valence-electron chi connectivity index (χ3n) is 5.72. The number of anilines is 1.